The SMILES string of the molecule is Cc1cc(S(=O)(=O)n2cccc2)c(C)cc1Cl. The van der Waals surface area contributed by atoms with Gasteiger partial charge >= 0.3 is 0 Å². The first-order valence-electron chi connectivity index (χ1n) is 5.08. The molecule has 0 aliphatic carbocycles. The van der Waals surface area contributed by atoms with E-state index in [0.29, 0.717) is 10.6 Å². The molecule has 0 aliphatic rings. The fourth-order valence-corrected chi connectivity index (χ4v) is 3.32. The highest BCUT2D eigenvalue weighted by atomic mass is 35.5. The van der Waals surface area contributed by atoms with Crippen LogP contribution in [0.1, 0.15) is 11.1 Å². The summed E-state index contributed by atoms with van der Waals surface area (Å²) in [4.78, 5) is 0.288. The molecule has 0 fully saturated rings. The van der Waals surface area contributed by atoms with E-state index in [0.717, 1.165) is 5.56 Å². The summed E-state index contributed by atoms with van der Waals surface area (Å²) in [6.07, 6.45) is 3.03. The predicted octanol–water partition coefficient (Wildman–Crippen LogP) is 3.00. The van der Waals surface area contributed by atoms with E-state index >= 15 is 0 Å². The lowest BCUT2D eigenvalue weighted by Crippen LogP contribution is -2.12. The van der Waals surface area contributed by atoms with Gasteiger partial charge in [0, 0.05) is 17.4 Å². The Kier molecular flexibility index (Phi) is 3.02. The summed E-state index contributed by atoms with van der Waals surface area (Å²) in [5.74, 6) is 0. The van der Waals surface area contributed by atoms with E-state index in [1.807, 2.05) is 0 Å². The molecule has 1 aromatic carbocycles. The molecule has 3 nitrogen and oxygen atoms in total. The fourth-order valence-electron chi connectivity index (χ4n) is 1.62. The van der Waals surface area contributed by atoms with Crippen LogP contribution in [0, 0.1) is 13.8 Å². The maximum Gasteiger partial charge on any atom is 0.267 e. The molecule has 5 heteroatoms. The number of rotatable bonds is 2. The van der Waals surface area contributed by atoms with E-state index in [9.17, 15) is 8.42 Å². The second-order valence-corrected chi connectivity index (χ2v) is 6.10. The van der Waals surface area contributed by atoms with E-state index in [-0.39, 0.29) is 4.90 Å². The molecule has 2 aromatic rings. The summed E-state index contributed by atoms with van der Waals surface area (Å²) < 4.78 is 25.8. The predicted molar refractivity (Wildman–Crippen MR) is 67.9 cm³/mol. The summed E-state index contributed by atoms with van der Waals surface area (Å²) in [5, 5.41) is 0.578. The Balaban J connectivity index is 2.67. The van der Waals surface area contributed by atoms with Crippen LogP contribution in [0.2, 0.25) is 5.02 Å². The lowest BCUT2D eigenvalue weighted by molar-refractivity contribution is 0.587. The molecule has 1 heterocycles. The van der Waals surface area contributed by atoms with Gasteiger partial charge in [-0.1, -0.05) is 11.6 Å². The van der Waals surface area contributed by atoms with E-state index in [4.69, 9.17) is 11.6 Å². The van der Waals surface area contributed by atoms with E-state index in [1.165, 1.54) is 16.4 Å². The van der Waals surface area contributed by atoms with E-state index < -0.39 is 10.0 Å². The van der Waals surface area contributed by atoms with Gasteiger partial charge in [-0.15, -0.1) is 0 Å². The maximum atomic E-state index is 12.3. The van der Waals surface area contributed by atoms with Crippen molar-refractivity contribution in [2.45, 2.75) is 18.7 Å². The zero-order chi connectivity index (χ0) is 12.6. The highest BCUT2D eigenvalue weighted by Crippen LogP contribution is 2.25. The van der Waals surface area contributed by atoms with Gasteiger partial charge in [0.05, 0.1) is 4.90 Å². The Bertz CT molecular complexity index is 645. The number of hydrogen-bond acceptors (Lipinski definition) is 2. The lowest BCUT2D eigenvalue weighted by atomic mass is 10.2. The van der Waals surface area contributed by atoms with Gasteiger partial charge in [-0.2, -0.15) is 0 Å². The van der Waals surface area contributed by atoms with Crippen molar-refractivity contribution < 1.29 is 8.42 Å². The molecule has 17 heavy (non-hydrogen) atoms. The summed E-state index contributed by atoms with van der Waals surface area (Å²) in [5.41, 5.74) is 1.40. The third-order valence-electron chi connectivity index (χ3n) is 2.59. The monoisotopic (exact) mass is 269 g/mol. The van der Waals surface area contributed by atoms with Gasteiger partial charge in [0.25, 0.3) is 10.0 Å². The fraction of sp³-hybridized carbons (Fsp3) is 0.167. The number of aryl methyl sites for hydroxylation is 2. The molecule has 1 aromatic heterocycles. The minimum atomic E-state index is -3.51. The van der Waals surface area contributed by atoms with E-state index in [1.54, 1.807) is 38.1 Å². The average Bonchev–Trinajstić information content (AvgIpc) is 2.77. The largest absolute Gasteiger partial charge is 0.267 e. The Labute approximate surface area is 106 Å². The highest BCUT2D eigenvalue weighted by Gasteiger charge is 2.19. The van der Waals surface area contributed by atoms with Gasteiger partial charge in [0.2, 0.25) is 0 Å². The van der Waals surface area contributed by atoms with E-state index in [2.05, 4.69) is 0 Å². The van der Waals surface area contributed by atoms with Crippen LogP contribution < -0.4 is 0 Å². The van der Waals surface area contributed by atoms with Crippen LogP contribution in [0.15, 0.2) is 41.6 Å². The third kappa shape index (κ3) is 2.10. The van der Waals surface area contributed by atoms with Crippen LogP contribution >= 0.6 is 11.6 Å². The molecule has 0 atom stereocenters. The summed E-state index contributed by atoms with van der Waals surface area (Å²) in [6.45, 7) is 3.53. The van der Waals surface area contributed by atoms with Gasteiger partial charge in [-0.25, -0.2) is 12.4 Å². The van der Waals surface area contributed by atoms with Crippen LogP contribution in [-0.4, -0.2) is 12.4 Å². The second kappa shape index (κ2) is 4.20. The lowest BCUT2D eigenvalue weighted by Gasteiger charge is -2.10. The minimum Gasteiger partial charge on any atom is -0.249 e. The first kappa shape index (κ1) is 12.2. The number of nitrogens with zero attached hydrogens (tertiary/aromatic N) is 1. The molecule has 0 spiro atoms. The van der Waals surface area contributed by atoms with Crippen molar-refractivity contribution in [3.05, 3.63) is 52.8 Å². The van der Waals surface area contributed by atoms with Crippen molar-refractivity contribution >= 4 is 21.6 Å². The quantitative estimate of drug-likeness (QED) is 0.841. The third-order valence-corrected chi connectivity index (χ3v) is 4.79. The normalized spacial score (nSPS) is 11.7. The molecule has 0 amide bonds. The number of aromatic nitrogens is 1. The maximum absolute atomic E-state index is 12.3. The molecule has 0 aliphatic heterocycles. The molecule has 0 saturated heterocycles. The molecular weight excluding hydrogens is 258 g/mol. The average molecular weight is 270 g/mol. The van der Waals surface area contributed by atoms with Gasteiger partial charge in [0.1, 0.15) is 0 Å². The molecule has 0 saturated carbocycles. The summed E-state index contributed by atoms with van der Waals surface area (Å²) in [6, 6.07) is 6.63. The van der Waals surface area contributed by atoms with Crippen molar-refractivity contribution in [3.63, 3.8) is 0 Å². The molecule has 0 N–H and O–H groups in total. The highest BCUT2D eigenvalue weighted by molar-refractivity contribution is 7.90. The minimum absolute atomic E-state index is 0.288. The van der Waals surface area contributed by atoms with Crippen molar-refractivity contribution in [2.75, 3.05) is 0 Å². The van der Waals surface area contributed by atoms with Gasteiger partial charge < -0.3 is 0 Å². The van der Waals surface area contributed by atoms with Crippen molar-refractivity contribution in [3.8, 4) is 0 Å². The molecule has 0 bridgehead atoms. The Morgan fingerprint density at radius 1 is 1.06 bits per heavy atom. The summed E-state index contributed by atoms with van der Waals surface area (Å²) >= 11 is 5.96. The van der Waals surface area contributed by atoms with Crippen molar-refractivity contribution in [1.82, 2.24) is 3.97 Å². The standard InChI is InChI=1S/C12H12ClNO2S/c1-9-8-12(10(2)7-11(9)13)17(15,16)14-5-3-4-6-14/h3-8H,1-2H3. The number of halogens is 1. The van der Waals surface area contributed by atoms with Crippen molar-refractivity contribution in [1.29, 1.82) is 0 Å². The van der Waals surface area contributed by atoms with Crippen LogP contribution in [-0.2, 0) is 10.0 Å². The first-order valence-corrected chi connectivity index (χ1v) is 6.90. The van der Waals surface area contributed by atoms with Crippen LogP contribution in [0.5, 0.6) is 0 Å². The topological polar surface area (TPSA) is 39.1 Å². The van der Waals surface area contributed by atoms with Gasteiger partial charge in [-0.3, -0.25) is 0 Å². The van der Waals surface area contributed by atoms with Crippen molar-refractivity contribution in [2.24, 2.45) is 0 Å². The van der Waals surface area contributed by atoms with Gasteiger partial charge in [0.15, 0.2) is 0 Å². The van der Waals surface area contributed by atoms with Crippen LogP contribution in [0.25, 0.3) is 0 Å². The smallest absolute Gasteiger partial charge is 0.249 e. The van der Waals surface area contributed by atoms with Crippen LogP contribution in [0.3, 0.4) is 0 Å². The molecule has 2 rings (SSSR count). The molecule has 0 unspecified atom stereocenters. The zero-order valence-corrected chi connectivity index (χ0v) is 11.1. The molecule has 0 radical (unpaired) electrons. The summed E-state index contributed by atoms with van der Waals surface area (Å²) in [7, 11) is -3.51. The van der Waals surface area contributed by atoms with Crippen LogP contribution in [0.4, 0.5) is 0 Å². The second-order valence-electron chi connectivity index (χ2n) is 3.88. The Hall–Kier alpha value is -1.26. The first-order chi connectivity index (χ1) is 7.93. The molecular formula is C12H12ClNO2S. The number of benzene rings is 1. The Morgan fingerprint density at radius 2 is 1.65 bits per heavy atom. The van der Waals surface area contributed by atoms with Gasteiger partial charge in [-0.05, 0) is 49.2 Å². The zero-order valence-electron chi connectivity index (χ0n) is 9.51. The number of hydrogen-bond donors (Lipinski definition) is 0. The Morgan fingerprint density at radius 3 is 2.24 bits per heavy atom. The molecule has 90 valence electrons.